The number of hydrogen-bond donors (Lipinski definition) is 2. The largest absolute Gasteiger partial charge is 0.616 e. The molecule has 0 bridgehead atoms. The molecule has 0 amide bonds. The highest BCUT2D eigenvalue weighted by molar-refractivity contribution is 7.91. The number of ether oxygens (including phenoxy) is 1. The van der Waals surface area contributed by atoms with E-state index in [0.717, 1.165) is 40.6 Å². The van der Waals surface area contributed by atoms with E-state index < -0.39 is 17.1 Å². The van der Waals surface area contributed by atoms with Gasteiger partial charge in [-0.2, -0.15) is 0 Å². The molecule has 1 fully saturated rings. The van der Waals surface area contributed by atoms with Gasteiger partial charge in [-0.15, -0.1) is 0 Å². The number of carbonyl (C=O) groups is 1. The zero-order valence-electron chi connectivity index (χ0n) is 18.4. The highest BCUT2D eigenvalue weighted by atomic mass is 32.2. The van der Waals surface area contributed by atoms with Gasteiger partial charge in [-0.3, -0.25) is 0 Å². The number of fused-ring (bicyclic) bond motifs is 1. The van der Waals surface area contributed by atoms with E-state index in [1.807, 2.05) is 60.8 Å². The SMILES string of the molecule is O=C(O)c1cccc(C#Cc2ccc(OC3CC[S+]([O-])CC3)cc2)c1-c1ccc2cc[nH]c2c1. The number of rotatable bonds is 4. The molecule has 1 aliphatic rings. The smallest absolute Gasteiger partial charge is 0.336 e. The predicted octanol–water partition coefficient (Wildman–Crippen LogP) is 5.22. The fourth-order valence-corrected chi connectivity index (χ4v) is 5.44. The molecule has 0 spiro atoms. The van der Waals surface area contributed by atoms with Crippen molar-refractivity contribution in [3.8, 4) is 28.7 Å². The van der Waals surface area contributed by atoms with Crippen molar-refractivity contribution >= 4 is 28.0 Å². The second-order valence-electron chi connectivity index (χ2n) is 8.25. The lowest BCUT2D eigenvalue weighted by Gasteiger charge is -2.25. The fourth-order valence-electron chi connectivity index (χ4n) is 4.19. The Balaban J connectivity index is 1.42. The number of benzene rings is 3. The second kappa shape index (κ2) is 9.68. The first-order valence-corrected chi connectivity index (χ1v) is 12.6. The van der Waals surface area contributed by atoms with E-state index >= 15 is 0 Å². The first-order chi connectivity index (χ1) is 16.6. The summed E-state index contributed by atoms with van der Waals surface area (Å²) in [5.41, 5.74) is 4.03. The number of aromatic amines is 1. The summed E-state index contributed by atoms with van der Waals surface area (Å²) in [5, 5.41) is 10.9. The summed E-state index contributed by atoms with van der Waals surface area (Å²) >= 11 is -0.706. The predicted molar refractivity (Wildman–Crippen MR) is 135 cm³/mol. The van der Waals surface area contributed by atoms with Crippen LogP contribution >= 0.6 is 0 Å². The Labute approximate surface area is 201 Å². The van der Waals surface area contributed by atoms with Crippen LogP contribution in [0.2, 0.25) is 0 Å². The normalized spacial score (nSPS) is 17.7. The third kappa shape index (κ3) is 4.81. The molecular weight excluding hydrogens is 446 g/mol. The summed E-state index contributed by atoms with van der Waals surface area (Å²) in [5.74, 6) is 7.51. The average Bonchev–Trinajstić information content (AvgIpc) is 3.33. The molecule has 1 aromatic heterocycles. The Kier molecular flexibility index (Phi) is 6.31. The Bertz CT molecular complexity index is 1390. The first-order valence-electron chi connectivity index (χ1n) is 11.1. The Morgan fingerprint density at radius 1 is 1.03 bits per heavy atom. The molecule has 0 saturated carbocycles. The van der Waals surface area contributed by atoms with Gasteiger partial charge in [-0.1, -0.05) is 41.2 Å². The number of H-pyrrole nitrogens is 1. The molecule has 1 saturated heterocycles. The molecule has 170 valence electrons. The summed E-state index contributed by atoms with van der Waals surface area (Å²) in [6.07, 6.45) is 3.59. The zero-order valence-corrected chi connectivity index (χ0v) is 19.2. The minimum Gasteiger partial charge on any atom is -0.616 e. The number of aromatic carboxylic acids is 1. The number of aromatic nitrogens is 1. The van der Waals surface area contributed by atoms with Gasteiger partial charge in [0.05, 0.1) is 5.56 Å². The maximum atomic E-state index is 12.0. The van der Waals surface area contributed by atoms with Crippen molar-refractivity contribution < 1.29 is 19.2 Å². The quantitative estimate of drug-likeness (QED) is 0.317. The van der Waals surface area contributed by atoms with Crippen LogP contribution in [0, 0.1) is 11.8 Å². The van der Waals surface area contributed by atoms with Crippen LogP contribution in [-0.2, 0) is 11.2 Å². The molecule has 0 atom stereocenters. The maximum absolute atomic E-state index is 12.0. The van der Waals surface area contributed by atoms with Crippen molar-refractivity contribution in [1.82, 2.24) is 4.98 Å². The van der Waals surface area contributed by atoms with Crippen LogP contribution in [0.1, 0.15) is 34.3 Å². The van der Waals surface area contributed by atoms with E-state index in [1.165, 1.54) is 0 Å². The van der Waals surface area contributed by atoms with Crippen molar-refractivity contribution in [2.45, 2.75) is 18.9 Å². The third-order valence-corrected chi connectivity index (χ3v) is 7.35. The molecule has 0 unspecified atom stereocenters. The lowest BCUT2D eigenvalue weighted by atomic mass is 9.93. The Hall–Kier alpha value is -3.66. The van der Waals surface area contributed by atoms with Crippen molar-refractivity contribution in [3.05, 3.63) is 89.6 Å². The topological polar surface area (TPSA) is 85.4 Å². The van der Waals surface area contributed by atoms with Gasteiger partial charge in [0, 0.05) is 41.2 Å². The van der Waals surface area contributed by atoms with E-state index in [0.29, 0.717) is 22.6 Å². The minimum atomic E-state index is -0.988. The van der Waals surface area contributed by atoms with E-state index in [4.69, 9.17) is 4.74 Å². The molecule has 1 aliphatic heterocycles. The van der Waals surface area contributed by atoms with Gasteiger partial charge in [-0.25, -0.2) is 4.79 Å². The number of nitrogens with one attached hydrogen (secondary N) is 1. The monoisotopic (exact) mass is 469 g/mol. The minimum absolute atomic E-state index is 0.105. The van der Waals surface area contributed by atoms with Gasteiger partial charge in [0.25, 0.3) is 0 Å². The van der Waals surface area contributed by atoms with Gasteiger partial charge in [0.15, 0.2) is 0 Å². The Morgan fingerprint density at radius 3 is 2.59 bits per heavy atom. The van der Waals surface area contributed by atoms with Crippen LogP contribution in [0.3, 0.4) is 0 Å². The van der Waals surface area contributed by atoms with Gasteiger partial charge < -0.3 is 19.4 Å². The number of hydrogen-bond acceptors (Lipinski definition) is 3. The molecule has 6 heteroatoms. The molecule has 3 aromatic carbocycles. The van der Waals surface area contributed by atoms with Crippen LogP contribution in [-0.4, -0.2) is 38.2 Å². The lowest BCUT2D eigenvalue weighted by Crippen LogP contribution is -2.30. The molecule has 2 heterocycles. The van der Waals surface area contributed by atoms with E-state index in [-0.39, 0.29) is 11.7 Å². The Morgan fingerprint density at radius 2 is 1.82 bits per heavy atom. The third-order valence-electron chi connectivity index (χ3n) is 5.97. The van der Waals surface area contributed by atoms with Crippen LogP contribution in [0.5, 0.6) is 5.75 Å². The highest BCUT2D eigenvalue weighted by Crippen LogP contribution is 2.30. The fraction of sp³-hybridized carbons (Fsp3) is 0.179. The summed E-state index contributed by atoms with van der Waals surface area (Å²) in [4.78, 5) is 15.1. The molecule has 5 nitrogen and oxygen atoms in total. The van der Waals surface area contributed by atoms with Crippen molar-refractivity contribution in [2.24, 2.45) is 0 Å². The molecule has 4 aromatic rings. The lowest BCUT2D eigenvalue weighted by molar-refractivity contribution is 0.0697. The molecule has 2 N–H and O–H groups in total. The van der Waals surface area contributed by atoms with Gasteiger partial charge in [0.2, 0.25) is 0 Å². The summed E-state index contributed by atoms with van der Waals surface area (Å²) in [6.45, 7) is 0. The standard InChI is InChI=1S/C28H23NO4S/c30-28(31)25-3-1-2-21(27(25)22-9-8-20-12-15-29-26(20)18-22)7-4-19-5-10-23(11-6-19)33-24-13-16-34(32)17-14-24/h1-3,5-6,8-12,15,18,24,29H,13-14,16-17H2,(H,30,31). The van der Waals surface area contributed by atoms with Gasteiger partial charge in [0.1, 0.15) is 23.4 Å². The van der Waals surface area contributed by atoms with Gasteiger partial charge in [-0.05, 0) is 59.5 Å². The van der Waals surface area contributed by atoms with Crippen molar-refractivity contribution in [3.63, 3.8) is 0 Å². The van der Waals surface area contributed by atoms with E-state index in [1.54, 1.807) is 12.1 Å². The summed E-state index contributed by atoms with van der Waals surface area (Å²) in [6, 6.07) is 20.6. The van der Waals surface area contributed by atoms with E-state index in [2.05, 4.69) is 16.8 Å². The van der Waals surface area contributed by atoms with Crippen LogP contribution in [0.4, 0.5) is 0 Å². The van der Waals surface area contributed by atoms with E-state index in [9.17, 15) is 14.5 Å². The zero-order chi connectivity index (χ0) is 23.5. The number of carboxylic acids is 1. The van der Waals surface area contributed by atoms with Crippen molar-refractivity contribution in [2.75, 3.05) is 11.5 Å². The summed E-state index contributed by atoms with van der Waals surface area (Å²) in [7, 11) is 0. The average molecular weight is 470 g/mol. The maximum Gasteiger partial charge on any atom is 0.336 e. The van der Waals surface area contributed by atoms with Crippen molar-refractivity contribution in [1.29, 1.82) is 0 Å². The molecule has 5 rings (SSSR count). The molecule has 0 radical (unpaired) electrons. The second-order valence-corrected chi connectivity index (χ2v) is 9.95. The molecule has 34 heavy (non-hydrogen) atoms. The van der Waals surface area contributed by atoms with Crippen LogP contribution in [0.15, 0.2) is 72.9 Å². The van der Waals surface area contributed by atoms with Gasteiger partial charge >= 0.3 is 5.97 Å². The first kappa shape index (κ1) is 22.1. The molecular formula is C28H23NO4S. The van der Waals surface area contributed by atoms with Crippen LogP contribution in [0.25, 0.3) is 22.0 Å². The highest BCUT2D eigenvalue weighted by Gasteiger charge is 2.23. The number of carboxylic acid groups (broad SMARTS) is 1. The molecule has 0 aliphatic carbocycles. The summed E-state index contributed by atoms with van der Waals surface area (Å²) < 4.78 is 17.5. The van der Waals surface area contributed by atoms with Crippen LogP contribution < -0.4 is 4.74 Å².